The normalized spacial score (nSPS) is 12.8. The molecule has 0 bridgehead atoms. The zero-order valence-corrected chi connectivity index (χ0v) is 14.3. The Morgan fingerprint density at radius 3 is 2.36 bits per heavy atom. The topological polar surface area (TPSA) is 46.2 Å². The molecule has 1 aliphatic carbocycles. The van der Waals surface area contributed by atoms with E-state index in [0.29, 0.717) is 5.69 Å². The van der Waals surface area contributed by atoms with Gasteiger partial charge in [-0.25, -0.2) is 8.42 Å². The number of hydrogen-bond acceptors (Lipinski definition) is 2. The molecule has 0 spiro atoms. The zero-order valence-electron chi connectivity index (χ0n) is 13.5. The van der Waals surface area contributed by atoms with Crippen molar-refractivity contribution >= 4 is 21.8 Å². The molecule has 25 heavy (non-hydrogen) atoms. The molecule has 3 aromatic carbocycles. The smallest absolute Gasteiger partial charge is 0.255 e. The average Bonchev–Trinajstić information content (AvgIpc) is 2.98. The summed E-state index contributed by atoms with van der Waals surface area (Å²) in [6, 6.07) is 23.4. The molecule has 124 valence electrons. The van der Waals surface area contributed by atoms with E-state index in [2.05, 4.69) is 16.9 Å². The average molecular weight is 347 g/mol. The van der Waals surface area contributed by atoms with E-state index in [1.807, 2.05) is 60.7 Å². The summed E-state index contributed by atoms with van der Waals surface area (Å²) in [5.41, 5.74) is 6.27. The SMILES string of the molecule is O=S(=O)(/C=C/c1ccccc1)Nc1ccc2c(c1)Cc1ccccc1-2. The van der Waals surface area contributed by atoms with Gasteiger partial charge in [0.15, 0.2) is 0 Å². The Morgan fingerprint density at radius 1 is 0.800 bits per heavy atom. The summed E-state index contributed by atoms with van der Waals surface area (Å²) in [6.45, 7) is 0. The molecule has 0 aromatic heterocycles. The second-order valence-electron chi connectivity index (χ2n) is 6.07. The maximum Gasteiger partial charge on any atom is 0.255 e. The molecule has 0 heterocycles. The van der Waals surface area contributed by atoms with Crippen LogP contribution in [0.3, 0.4) is 0 Å². The molecule has 0 amide bonds. The number of anilines is 1. The predicted molar refractivity (Wildman–Crippen MR) is 103 cm³/mol. The predicted octanol–water partition coefficient (Wildman–Crippen LogP) is 4.67. The van der Waals surface area contributed by atoms with Crippen LogP contribution in [-0.4, -0.2) is 8.42 Å². The highest BCUT2D eigenvalue weighted by Gasteiger charge is 2.18. The van der Waals surface area contributed by atoms with Gasteiger partial charge in [0.2, 0.25) is 0 Å². The van der Waals surface area contributed by atoms with Crippen molar-refractivity contribution in [2.45, 2.75) is 6.42 Å². The Hall–Kier alpha value is -2.85. The van der Waals surface area contributed by atoms with Crippen molar-refractivity contribution in [3.05, 3.63) is 94.9 Å². The second-order valence-corrected chi connectivity index (χ2v) is 7.63. The lowest BCUT2D eigenvalue weighted by molar-refractivity contribution is 0.609. The van der Waals surface area contributed by atoms with Gasteiger partial charge >= 0.3 is 0 Å². The van der Waals surface area contributed by atoms with Gasteiger partial charge in [-0.15, -0.1) is 0 Å². The van der Waals surface area contributed by atoms with Crippen molar-refractivity contribution in [1.82, 2.24) is 0 Å². The van der Waals surface area contributed by atoms with Gasteiger partial charge in [0.25, 0.3) is 10.0 Å². The summed E-state index contributed by atoms with van der Waals surface area (Å²) in [4.78, 5) is 0. The van der Waals surface area contributed by atoms with E-state index in [0.717, 1.165) is 17.5 Å². The van der Waals surface area contributed by atoms with Crippen LogP contribution in [0.4, 0.5) is 5.69 Å². The highest BCUT2D eigenvalue weighted by molar-refractivity contribution is 7.95. The molecule has 0 saturated heterocycles. The molecule has 0 fully saturated rings. The summed E-state index contributed by atoms with van der Waals surface area (Å²) in [6.07, 6.45) is 2.42. The molecule has 4 rings (SSSR count). The minimum atomic E-state index is -3.55. The second kappa shape index (κ2) is 6.22. The summed E-state index contributed by atoms with van der Waals surface area (Å²) in [5.74, 6) is 0. The van der Waals surface area contributed by atoms with Crippen LogP contribution in [0, 0.1) is 0 Å². The van der Waals surface area contributed by atoms with Crippen molar-refractivity contribution in [1.29, 1.82) is 0 Å². The Labute approximate surface area is 147 Å². The van der Waals surface area contributed by atoms with Crippen molar-refractivity contribution in [2.75, 3.05) is 4.72 Å². The minimum absolute atomic E-state index is 0.587. The van der Waals surface area contributed by atoms with Gasteiger partial charge in [-0.3, -0.25) is 4.72 Å². The Balaban J connectivity index is 1.56. The minimum Gasteiger partial charge on any atom is -0.280 e. The summed E-state index contributed by atoms with van der Waals surface area (Å²) < 4.78 is 27.2. The zero-order chi connectivity index (χ0) is 17.3. The van der Waals surface area contributed by atoms with Crippen LogP contribution in [0.5, 0.6) is 0 Å². The molecule has 4 heteroatoms. The molecule has 0 unspecified atom stereocenters. The van der Waals surface area contributed by atoms with Crippen LogP contribution in [0.25, 0.3) is 17.2 Å². The quantitative estimate of drug-likeness (QED) is 0.583. The summed E-state index contributed by atoms with van der Waals surface area (Å²) in [7, 11) is -3.55. The number of benzene rings is 3. The fourth-order valence-corrected chi connectivity index (χ4v) is 4.00. The molecule has 3 nitrogen and oxygen atoms in total. The highest BCUT2D eigenvalue weighted by Crippen LogP contribution is 2.37. The first-order valence-corrected chi connectivity index (χ1v) is 9.62. The van der Waals surface area contributed by atoms with Gasteiger partial charge < -0.3 is 0 Å². The van der Waals surface area contributed by atoms with Gasteiger partial charge in [0, 0.05) is 5.69 Å². The first kappa shape index (κ1) is 15.7. The third-order valence-electron chi connectivity index (χ3n) is 4.29. The van der Waals surface area contributed by atoms with Gasteiger partial charge in [-0.05, 0) is 52.4 Å². The third kappa shape index (κ3) is 3.35. The summed E-state index contributed by atoms with van der Waals surface area (Å²) in [5, 5.41) is 1.20. The molecule has 1 aliphatic rings. The first-order chi connectivity index (χ1) is 12.1. The van der Waals surface area contributed by atoms with E-state index in [1.54, 1.807) is 6.08 Å². The maximum absolute atomic E-state index is 12.3. The van der Waals surface area contributed by atoms with E-state index >= 15 is 0 Å². The highest BCUT2D eigenvalue weighted by atomic mass is 32.2. The van der Waals surface area contributed by atoms with Crippen LogP contribution in [-0.2, 0) is 16.4 Å². The molecular weight excluding hydrogens is 330 g/mol. The monoisotopic (exact) mass is 347 g/mol. The van der Waals surface area contributed by atoms with Crippen molar-refractivity contribution in [3.63, 3.8) is 0 Å². The van der Waals surface area contributed by atoms with Gasteiger partial charge in [-0.1, -0.05) is 60.7 Å². The van der Waals surface area contributed by atoms with E-state index in [-0.39, 0.29) is 0 Å². The fourth-order valence-electron chi connectivity index (χ4n) is 3.14. The van der Waals surface area contributed by atoms with Gasteiger partial charge in [-0.2, -0.15) is 0 Å². The van der Waals surface area contributed by atoms with E-state index in [1.165, 1.54) is 22.1 Å². The number of nitrogens with one attached hydrogen (secondary N) is 1. The van der Waals surface area contributed by atoms with Crippen molar-refractivity contribution in [2.24, 2.45) is 0 Å². The van der Waals surface area contributed by atoms with Crippen molar-refractivity contribution < 1.29 is 8.42 Å². The van der Waals surface area contributed by atoms with Crippen LogP contribution in [0.2, 0.25) is 0 Å². The van der Waals surface area contributed by atoms with E-state index < -0.39 is 10.0 Å². The van der Waals surface area contributed by atoms with Crippen LogP contribution >= 0.6 is 0 Å². The Kier molecular flexibility index (Phi) is 3.90. The van der Waals surface area contributed by atoms with E-state index in [9.17, 15) is 8.42 Å². The standard InChI is InChI=1S/C21H17NO2S/c23-25(24,13-12-16-6-2-1-3-7-16)22-19-10-11-21-18(15-19)14-17-8-4-5-9-20(17)21/h1-13,15,22H,14H2/b13-12+. The number of hydrogen-bond donors (Lipinski definition) is 1. The third-order valence-corrected chi connectivity index (χ3v) is 5.31. The Bertz CT molecular complexity index is 1050. The molecular formula is C21H17NO2S. The van der Waals surface area contributed by atoms with E-state index in [4.69, 9.17) is 0 Å². The maximum atomic E-state index is 12.3. The largest absolute Gasteiger partial charge is 0.280 e. The van der Waals surface area contributed by atoms with Gasteiger partial charge in [0.1, 0.15) is 0 Å². The van der Waals surface area contributed by atoms with Crippen LogP contribution < -0.4 is 4.72 Å². The lowest BCUT2D eigenvalue weighted by atomic mass is 10.1. The number of rotatable bonds is 4. The van der Waals surface area contributed by atoms with Crippen LogP contribution in [0.1, 0.15) is 16.7 Å². The molecule has 0 aliphatic heterocycles. The lowest BCUT2D eigenvalue weighted by Crippen LogP contribution is -2.09. The first-order valence-electron chi connectivity index (χ1n) is 8.08. The van der Waals surface area contributed by atoms with Crippen LogP contribution in [0.15, 0.2) is 78.2 Å². The molecule has 0 saturated carbocycles. The number of sulfonamides is 1. The Morgan fingerprint density at radius 2 is 1.52 bits per heavy atom. The number of fused-ring (bicyclic) bond motifs is 3. The summed E-state index contributed by atoms with van der Waals surface area (Å²) >= 11 is 0. The van der Waals surface area contributed by atoms with Gasteiger partial charge in [0.05, 0.1) is 5.41 Å². The fraction of sp³-hybridized carbons (Fsp3) is 0.0476. The molecule has 0 radical (unpaired) electrons. The molecule has 1 N–H and O–H groups in total. The molecule has 3 aromatic rings. The molecule has 0 atom stereocenters. The lowest BCUT2D eigenvalue weighted by Gasteiger charge is -2.07. The van der Waals surface area contributed by atoms with Crippen molar-refractivity contribution in [3.8, 4) is 11.1 Å².